The molecule has 1 aromatic carbocycles. The van der Waals surface area contributed by atoms with Crippen molar-refractivity contribution in [3.63, 3.8) is 0 Å². The van der Waals surface area contributed by atoms with Crippen molar-refractivity contribution in [2.24, 2.45) is 0 Å². The molecule has 0 saturated carbocycles. The van der Waals surface area contributed by atoms with E-state index in [-0.39, 0.29) is 11.7 Å². The Balaban J connectivity index is 1.58. The highest BCUT2D eigenvalue weighted by Crippen LogP contribution is 2.30. The molecular formula is C18H19N3O4S. The average Bonchev–Trinajstić information content (AvgIpc) is 3.28. The minimum Gasteiger partial charge on any atom is -0.496 e. The minimum absolute atomic E-state index is 0.0545. The van der Waals surface area contributed by atoms with Crippen molar-refractivity contribution < 1.29 is 18.4 Å². The van der Waals surface area contributed by atoms with Crippen LogP contribution in [0.3, 0.4) is 0 Å². The zero-order valence-corrected chi connectivity index (χ0v) is 15.6. The highest BCUT2D eigenvalue weighted by atomic mass is 32.2. The van der Waals surface area contributed by atoms with E-state index in [1.54, 1.807) is 19.1 Å². The molecule has 0 saturated heterocycles. The summed E-state index contributed by atoms with van der Waals surface area (Å²) < 4.78 is 16.4. The number of ether oxygens (including phenoxy) is 1. The highest BCUT2D eigenvalue weighted by Gasteiger charge is 2.16. The van der Waals surface area contributed by atoms with Gasteiger partial charge >= 0.3 is 0 Å². The zero-order chi connectivity index (χ0) is 18.5. The molecule has 1 amide bonds. The number of benzene rings is 1. The monoisotopic (exact) mass is 373 g/mol. The topological polar surface area (TPSA) is 81.6 Å². The second-order valence-corrected chi connectivity index (χ2v) is 6.55. The lowest BCUT2D eigenvalue weighted by molar-refractivity contribution is -0.127. The number of carbonyl (C=O) groups is 1. The highest BCUT2D eigenvalue weighted by molar-refractivity contribution is 7.99. The largest absolute Gasteiger partial charge is 0.496 e. The maximum Gasteiger partial charge on any atom is 0.277 e. The van der Waals surface area contributed by atoms with Gasteiger partial charge in [-0.2, -0.15) is 0 Å². The molecule has 0 aliphatic carbocycles. The fourth-order valence-corrected chi connectivity index (χ4v) is 3.03. The van der Waals surface area contributed by atoms with E-state index in [1.165, 1.54) is 11.8 Å². The predicted molar refractivity (Wildman–Crippen MR) is 96.9 cm³/mol. The smallest absolute Gasteiger partial charge is 0.277 e. The molecule has 0 unspecified atom stereocenters. The number of thioether (sulfide) groups is 1. The van der Waals surface area contributed by atoms with E-state index in [9.17, 15) is 4.79 Å². The number of carbonyl (C=O) groups excluding carboxylic acids is 1. The summed E-state index contributed by atoms with van der Waals surface area (Å²) in [5.74, 6) is 2.73. The first-order valence-corrected chi connectivity index (χ1v) is 8.94. The SMILES string of the molecule is COc1ccccc1-c1nnc(SCC(=O)N(C)Cc2ccc(C)o2)o1. The molecular weight excluding hydrogens is 354 g/mol. The van der Waals surface area contributed by atoms with Crippen LogP contribution in [-0.4, -0.2) is 40.9 Å². The lowest BCUT2D eigenvalue weighted by Crippen LogP contribution is -2.27. The van der Waals surface area contributed by atoms with E-state index in [0.29, 0.717) is 29.0 Å². The number of furan rings is 1. The van der Waals surface area contributed by atoms with Crippen molar-refractivity contribution in [2.45, 2.75) is 18.7 Å². The minimum atomic E-state index is -0.0545. The normalized spacial score (nSPS) is 10.7. The molecule has 7 nitrogen and oxygen atoms in total. The Hall–Kier alpha value is -2.74. The van der Waals surface area contributed by atoms with Crippen molar-refractivity contribution >= 4 is 17.7 Å². The van der Waals surface area contributed by atoms with Gasteiger partial charge in [0.1, 0.15) is 17.3 Å². The standard InChI is InChI=1S/C18H19N3O4S/c1-12-8-9-13(24-12)10-21(2)16(22)11-26-18-20-19-17(25-18)14-6-4-5-7-15(14)23-3/h4-9H,10-11H2,1-3H3. The first-order chi connectivity index (χ1) is 12.6. The fourth-order valence-electron chi connectivity index (χ4n) is 2.32. The summed E-state index contributed by atoms with van der Waals surface area (Å²) in [6, 6.07) is 11.1. The van der Waals surface area contributed by atoms with Crippen LogP contribution < -0.4 is 4.74 Å². The lowest BCUT2D eigenvalue weighted by Gasteiger charge is -2.14. The number of methoxy groups -OCH3 is 1. The predicted octanol–water partition coefficient (Wildman–Crippen LogP) is 3.40. The van der Waals surface area contributed by atoms with Gasteiger partial charge in [-0.15, -0.1) is 10.2 Å². The van der Waals surface area contributed by atoms with E-state index in [0.717, 1.165) is 11.5 Å². The van der Waals surface area contributed by atoms with Crippen molar-refractivity contribution in [3.05, 3.63) is 47.9 Å². The van der Waals surface area contributed by atoms with Gasteiger partial charge in [-0.1, -0.05) is 23.9 Å². The third-order valence-electron chi connectivity index (χ3n) is 3.68. The van der Waals surface area contributed by atoms with Crippen LogP contribution in [0.4, 0.5) is 0 Å². The Morgan fingerprint density at radius 1 is 1.19 bits per heavy atom. The van der Waals surface area contributed by atoms with Crippen molar-refractivity contribution in [1.29, 1.82) is 0 Å². The average molecular weight is 373 g/mol. The lowest BCUT2D eigenvalue weighted by atomic mass is 10.2. The molecule has 3 aromatic rings. The van der Waals surface area contributed by atoms with Gasteiger partial charge < -0.3 is 18.5 Å². The van der Waals surface area contributed by atoms with Gasteiger partial charge in [0.15, 0.2) is 0 Å². The Bertz CT molecular complexity index is 890. The van der Waals surface area contributed by atoms with Crippen LogP contribution in [0, 0.1) is 6.92 Å². The van der Waals surface area contributed by atoms with Crippen LogP contribution in [-0.2, 0) is 11.3 Å². The van der Waals surface area contributed by atoms with E-state index in [2.05, 4.69) is 10.2 Å². The molecule has 0 N–H and O–H groups in total. The first-order valence-electron chi connectivity index (χ1n) is 7.96. The summed E-state index contributed by atoms with van der Waals surface area (Å²) in [7, 11) is 3.31. The third-order valence-corrected chi connectivity index (χ3v) is 4.48. The zero-order valence-electron chi connectivity index (χ0n) is 14.8. The second kappa shape index (κ2) is 8.09. The van der Waals surface area contributed by atoms with Crippen LogP contribution in [0.2, 0.25) is 0 Å². The quantitative estimate of drug-likeness (QED) is 0.587. The number of para-hydroxylation sites is 1. The van der Waals surface area contributed by atoms with E-state index in [1.807, 2.05) is 43.3 Å². The van der Waals surface area contributed by atoms with E-state index < -0.39 is 0 Å². The summed E-state index contributed by atoms with van der Waals surface area (Å²) in [6.45, 7) is 2.29. The number of amides is 1. The fraction of sp³-hybridized carbons (Fsp3) is 0.278. The summed E-state index contributed by atoms with van der Waals surface area (Å²) in [6.07, 6.45) is 0. The van der Waals surface area contributed by atoms with Crippen LogP contribution in [0.1, 0.15) is 11.5 Å². The van der Waals surface area contributed by atoms with Gasteiger partial charge in [0.25, 0.3) is 11.1 Å². The van der Waals surface area contributed by atoms with Gasteiger partial charge in [-0.05, 0) is 31.2 Å². The molecule has 26 heavy (non-hydrogen) atoms. The van der Waals surface area contributed by atoms with Crippen LogP contribution in [0.15, 0.2) is 50.5 Å². The van der Waals surface area contributed by atoms with Crippen LogP contribution in [0.5, 0.6) is 5.75 Å². The Morgan fingerprint density at radius 2 is 2.00 bits per heavy atom. The molecule has 0 aliphatic rings. The number of hydrogen-bond donors (Lipinski definition) is 0. The summed E-state index contributed by atoms with van der Waals surface area (Å²) in [4.78, 5) is 13.9. The molecule has 136 valence electrons. The van der Waals surface area contributed by atoms with Crippen molar-refractivity contribution in [3.8, 4) is 17.2 Å². The summed E-state index contributed by atoms with van der Waals surface area (Å²) in [5.41, 5.74) is 0.714. The maximum atomic E-state index is 12.3. The van der Waals surface area contributed by atoms with Crippen LogP contribution >= 0.6 is 11.8 Å². The molecule has 0 bridgehead atoms. The van der Waals surface area contributed by atoms with Gasteiger partial charge in [-0.25, -0.2) is 0 Å². The van der Waals surface area contributed by atoms with Gasteiger partial charge in [-0.3, -0.25) is 4.79 Å². The molecule has 0 fully saturated rings. The molecule has 0 spiro atoms. The third kappa shape index (κ3) is 4.26. The summed E-state index contributed by atoms with van der Waals surface area (Å²) in [5, 5.41) is 8.35. The first kappa shape index (κ1) is 18.1. The van der Waals surface area contributed by atoms with Crippen molar-refractivity contribution in [1.82, 2.24) is 15.1 Å². The molecule has 2 heterocycles. The molecule has 0 radical (unpaired) electrons. The summed E-state index contributed by atoms with van der Waals surface area (Å²) >= 11 is 1.20. The second-order valence-electron chi connectivity index (χ2n) is 5.62. The molecule has 2 aromatic heterocycles. The molecule has 8 heteroatoms. The number of hydrogen-bond acceptors (Lipinski definition) is 7. The van der Waals surface area contributed by atoms with E-state index in [4.69, 9.17) is 13.6 Å². The molecule has 0 aliphatic heterocycles. The van der Waals surface area contributed by atoms with Gasteiger partial charge in [0.2, 0.25) is 5.91 Å². The molecule has 3 rings (SSSR count). The number of aromatic nitrogens is 2. The van der Waals surface area contributed by atoms with Crippen molar-refractivity contribution in [2.75, 3.05) is 19.9 Å². The van der Waals surface area contributed by atoms with Crippen LogP contribution in [0.25, 0.3) is 11.5 Å². The number of rotatable bonds is 7. The Labute approximate surface area is 155 Å². The van der Waals surface area contributed by atoms with Gasteiger partial charge in [0, 0.05) is 7.05 Å². The Morgan fingerprint density at radius 3 is 2.73 bits per heavy atom. The molecule has 0 atom stereocenters. The van der Waals surface area contributed by atoms with Gasteiger partial charge in [0.05, 0.1) is 25.0 Å². The Kier molecular flexibility index (Phi) is 5.62. The number of nitrogens with zero attached hydrogens (tertiary/aromatic N) is 3. The maximum absolute atomic E-state index is 12.3. The van der Waals surface area contributed by atoms with E-state index >= 15 is 0 Å². The number of aryl methyl sites for hydroxylation is 1.